The Kier molecular flexibility index (Phi) is 7.97. The van der Waals surface area contributed by atoms with Gasteiger partial charge in [-0.05, 0) is 55.8 Å². The van der Waals surface area contributed by atoms with Gasteiger partial charge in [0.05, 0.1) is 54.3 Å². The first-order valence-electron chi connectivity index (χ1n) is 12.5. The van der Waals surface area contributed by atoms with Crippen LogP contribution in [0.1, 0.15) is 36.8 Å². The molecule has 2 aromatic carbocycles. The minimum absolute atomic E-state index is 0.162. The second-order valence-electron chi connectivity index (χ2n) is 8.89. The molecule has 5 rings (SSSR count). The minimum atomic E-state index is -0.851. The van der Waals surface area contributed by atoms with Gasteiger partial charge in [-0.2, -0.15) is 5.26 Å². The highest BCUT2D eigenvalue weighted by Crippen LogP contribution is 2.40. The van der Waals surface area contributed by atoms with Gasteiger partial charge in [-0.1, -0.05) is 39.4 Å². The lowest BCUT2D eigenvalue weighted by Gasteiger charge is -2.26. The second-order valence-corrected chi connectivity index (χ2v) is 10.8. The molecule has 11 heteroatoms. The van der Waals surface area contributed by atoms with Crippen LogP contribution in [0.25, 0.3) is 17.4 Å². The Morgan fingerprint density at radius 1 is 1.20 bits per heavy atom. The Morgan fingerprint density at radius 2 is 1.93 bits per heavy atom. The molecule has 4 aromatic rings. The van der Waals surface area contributed by atoms with Gasteiger partial charge in [0.25, 0.3) is 5.56 Å². The SMILES string of the molecule is CCOC(=O)C1=C(C)N=c2s/c(=C/c3ccc(-c4ccccc4C#N)o3)c(=O)n2[C@@H]1c1cc(OC)c(OC)cc1Br. The Bertz CT molecular complexity index is 1930. The van der Waals surface area contributed by atoms with E-state index in [0.29, 0.717) is 59.2 Å². The van der Waals surface area contributed by atoms with Crippen LogP contribution in [0.3, 0.4) is 0 Å². The van der Waals surface area contributed by atoms with E-state index in [1.807, 2.05) is 6.07 Å². The molecule has 3 heterocycles. The number of carbonyl (C=O) groups excluding carboxylic acids is 1. The van der Waals surface area contributed by atoms with Gasteiger partial charge in [0.2, 0.25) is 0 Å². The van der Waals surface area contributed by atoms with E-state index in [9.17, 15) is 14.9 Å². The van der Waals surface area contributed by atoms with E-state index >= 15 is 0 Å². The second kappa shape index (κ2) is 11.6. The average Bonchev–Trinajstić information content (AvgIpc) is 3.56. The number of ether oxygens (including phenoxy) is 3. The molecule has 0 fully saturated rings. The van der Waals surface area contributed by atoms with Crippen LogP contribution in [-0.2, 0) is 9.53 Å². The number of hydrogen-bond acceptors (Lipinski definition) is 9. The van der Waals surface area contributed by atoms with Gasteiger partial charge >= 0.3 is 5.97 Å². The first-order chi connectivity index (χ1) is 19.8. The smallest absolute Gasteiger partial charge is 0.338 e. The van der Waals surface area contributed by atoms with Crippen LogP contribution in [0, 0.1) is 11.3 Å². The fourth-order valence-corrected chi connectivity index (χ4v) is 6.23. The van der Waals surface area contributed by atoms with Crippen molar-refractivity contribution in [2.75, 3.05) is 20.8 Å². The molecule has 0 saturated carbocycles. The number of allylic oxidation sites excluding steroid dienone is 1. The zero-order valence-electron chi connectivity index (χ0n) is 22.6. The van der Waals surface area contributed by atoms with Crippen LogP contribution in [0.15, 0.2) is 78.5 Å². The van der Waals surface area contributed by atoms with Gasteiger partial charge in [0.1, 0.15) is 11.5 Å². The van der Waals surface area contributed by atoms with Crippen molar-refractivity contribution in [1.82, 2.24) is 4.57 Å². The highest BCUT2D eigenvalue weighted by Gasteiger charge is 2.35. The van der Waals surface area contributed by atoms with Crippen LogP contribution >= 0.6 is 27.3 Å². The van der Waals surface area contributed by atoms with Crippen molar-refractivity contribution in [1.29, 1.82) is 5.26 Å². The normalized spacial score (nSPS) is 14.7. The van der Waals surface area contributed by atoms with E-state index in [0.717, 1.165) is 0 Å². The van der Waals surface area contributed by atoms with E-state index < -0.39 is 12.0 Å². The number of hydrogen-bond donors (Lipinski definition) is 0. The summed E-state index contributed by atoms with van der Waals surface area (Å²) in [4.78, 5) is 32.2. The predicted molar refractivity (Wildman–Crippen MR) is 157 cm³/mol. The molecular weight excluding hydrogens is 610 g/mol. The van der Waals surface area contributed by atoms with Gasteiger partial charge in [-0.15, -0.1) is 0 Å². The molecule has 0 amide bonds. The van der Waals surface area contributed by atoms with Gasteiger partial charge in [-0.3, -0.25) is 9.36 Å². The van der Waals surface area contributed by atoms with Crippen molar-refractivity contribution < 1.29 is 23.4 Å². The molecule has 0 N–H and O–H groups in total. The third-order valence-electron chi connectivity index (χ3n) is 6.53. The number of carbonyl (C=O) groups is 1. The number of halogens is 1. The van der Waals surface area contributed by atoms with Crippen LogP contribution < -0.4 is 24.4 Å². The summed E-state index contributed by atoms with van der Waals surface area (Å²) in [6, 6.07) is 15.4. The van der Waals surface area contributed by atoms with Gasteiger partial charge in [0.15, 0.2) is 16.3 Å². The molecule has 0 saturated heterocycles. The Balaban J connectivity index is 1.69. The van der Waals surface area contributed by atoms with Gasteiger partial charge in [-0.25, -0.2) is 9.79 Å². The fraction of sp³-hybridized carbons (Fsp3) is 0.200. The lowest BCUT2D eigenvalue weighted by molar-refractivity contribution is -0.139. The topological polar surface area (TPSA) is 116 Å². The number of aromatic nitrogens is 1. The molecule has 208 valence electrons. The Hall–Kier alpha value is -4.40. The fourth-order valence-electron chi connectivity index (χ4n) is 4.67. The largest absolute Gasteiger partial charge is 0.493 e. The van der Waals surface area contributed by atoms with Crippen molar-refractivity contribution in [2.45, 2.75) is 19.9 Å². The lowest BCUT2D eigenvalue weighted by atomic mass is 9.95. The maximum Gasteiger partial charge on any atom is 0.338 e. The van der Waals surface area contributed by atoms with Crippen LogP contribution in [-0.4, -0.2) is 31.4 Å². The number of nitrogens with zero attached hydrogens (tertiary/aromatic N) is 3. The molecule has 1 aliphatic rings. The molecule has 0 aliphatic carbocycles. The Labute approximate surface area is 247 Å². The summed E-state index contributed by atoms with van der Waals surface area (Å²) in [6.07, 6.45) is 1.63. The number of thiazole rings is 1. The molecule has 41 heavy (non-hydrogen) atoms. The van der Waals surface area contributed by atoms with Crippen molar-refractivity contribution in [3.05, 3.63) is 101 Å². The standard InChI is InChI=1S/C30H24BrN3O6S/c1-5-39-29(36)26-16(2)33-30-34(27(26)20-13-23(37-3)24(38-4)14-21(20)31)28(35)25(41-30)12-18-10-11-22(40-18)19-9-7-6-8-17(19)15-32/h6-14,27H,5H2,1-4H3/b25-12+/t27-/m1/s1. The summed E-state index contributed by atoms with van der Waals surface area (Å²) in [6.45, 7) is 3.60. The summed E-state index contributed by atoms with van der Waals surface area (Å²) >= 11 is 4.78. The Morgan fingerprint density at radius 3 is 2.63 bits per heavy atom. The molecule has 1 aliphatic heterocycles. The monoisotopic (exact) mass is 633 g/mol. The maximum absolute atomic E-state index is 14.0. The number of esters is 1. The molecule has 0 spiro atoms. The van der Waals surface area contributed by atoms with Crippen molar-refractivity contribution in [2.24, 2.45) is 4.99 Å². The number of rotatable bonds is 7. The van der Waals surface area contributed by atoms with Crippen molar-refractivity contribution >= 4 is 39.3 Å². The molecule has 0 bridgehead atoms. The molecule has 0 radical (unpaired) electrons. The number of fused-ring (bicyclic) bond motifs is 1. The third-order valence-corrected chi connectivity index (χ3v) is 8.20. The van der Waals surface area contributed by atoms with Crippen LogP contribution in [0.4, 0.5) is 0 Å². The first kappa shape index (κ1) is 28.1. The van der Waals surface area contributed by atoms with Gasteiger partial charge in [0, 0.05) is 16.1 Å². The van der Waals surface area contributed by atoms with Gasteiger partial charge < -0.3 is 18.6 Å². The number of methoxy groups -OCH3 is 2. The van der Waals surface area contributed by atoms with Crippen molar-refractivity contribution in [3.8, 4) is 28.9 Å². The summed E-state index contributed by atoms with van der Waals surface area (Å²) in [5.74, 6) is 1.30. The summed E-state index contributed by atoms with van der Waals surface area (Å²) in [7, 11) is 3.04. The minimum Gasteiger partial charge on any atom is -0.493 e. The molecule has 2 aromatic heterocycles. The van der Waals surface area contributed by atoms with E-state index in [1.165, 1.54) is 30.1 Å². The zero-order valence-corrected chi connectivity index (χ0v) is 25.0. The zero-order chi connectivity index (χ0) is 29.3. The molecule has 1 atom stereocenters. The van der Waals surface area contributed by atoms with Crippen LogP contribution in [0.5, 0.6) is 11.5 Å². The first-order valence-corrected chi connectivity index (χ1v) is 14.1. The predicted octanol–water partition coefficient (Wildman–Crippen LogP) is 4.71. The summed E-state index contributed by atoms with van der Waals surface area (Å²) < 4.78 is 24.8. The average molecular weight is 635 g/mol. The lowest BCUT2D eigenvalue weighted by Crippen LogP contribution is -2.40. The van der Waals surface area contributed by atoms with Crippen molar-refractivity contribution in [3.63, 3.8) is 0 Å². The number of furan rings is 1. The number of benzene rings is 2. The maximum atomic E-state index is 14.0. The molecule has 9 nitrogen and oxygen atoms in total. The molecular formula is C30H24BrN3O6S. The quantitative estimate of drug-likeness (QED) is 0.271. The third kappa shape index (κ3) is 5.12. The summed E-state index contributed by atoms with van der Waals surface area (Å²) in [5, 5.41) is 9.46. The summed E-state index contributed by atoms with van der Waals surface area (Å²) in [5.41, 5.74) is 2.06. The van der Waals surface area contributed by atoms with E-state index in [2.05, 4.69) is 27.0 Å². The van der Waals surface area contributed by atoms with E-state index in [4.69, 9.17) is 18.6 Å². The highest BCUT2D eigenvalue weighted by molar-refractivity contribution is 9.10. The van der Waals surface area contributed by atoms with Crippen LogP contribution in [0.2, 0.25) is 0 Å². The molecule has 0 unspecified atom stereocenters. The number of nitriles is 1. The highest BCUT2D eigenvalue weighted by atomic mass is 79.9. The van der Waals surface area contributed by atoms with E-state index in [-0.39, 0.29) is 17.7 Å². The van der Waals surface area contributed by atoms with E-state index in [1.54, 1.807) is 62.4 Å².